The lowest BCUT2D eigenvalue weighted by atomic mass is 9.98. The number of carboxylic acids is 1. The summed E-state index contributed by atoms with van der Waals surface area (Å²) in [4.78, 5) is 11.0. The summed E-state index contributed by atoms with van der Waals surface area (Å²) in [5, 5.41) is 9.00. The number of hydrogen-bond donors (Lipinski definition) is 1. The topological polar surface area (TPSA) is 55.8 Å². The van der Waals surface area contributed by atoms with Crippen LogP contribution in [0.1, 0.15) is 23.6 Å². The monoisotopic (exact) mass is 532 g/mol. The molecule has 4 nitrogen and oxygen atoms in total. The molecule has 3 aromatic carbocycles. The van der Waals surface area contributed by atoms with E-state index in [4.69, 9.17) is 14.6 Å². The van der Waals surface area contributed by atoms with Gasteiger partial charge < -0.3 is 14.6 Å². The maximum absolute atomic E-state index is 13.4. The van der Waals surface area contributed by atoms with Crippen molar-refractivity contribution >= 4 is 34.1 Å². The number of halogens is 2. The van der Waals surface area contributed by atoms with E-state index in [-0.39, 0.29) is 5.82 Å². The molecule has 160 valence electrons. The summed E-state index contributed by atoms with van der Waals surface area (Å²) in [5.74, 6) is -0.153. The number of rotatable bonds is 8. The van der Waals surface area contributed by atoms with Crippen molar-refractivity contribution < 1.29 is 23.8 Å². The summed E-state index contributed by atoms with van der Waals surface area (Å²) in [6.45, 7) is 3.63. The molecule has 1 unspecified atom stereocenters. The first-order valence-corrected chi connectivity index (χ1v) is 10.8. The van der Waals surface area contributed by atoms with Crippen molar-refractivity contribution in [3.63, 3.8) is 0 Å². The van der Waals surface area contributed by atoms with Crippen molar-refractivity contribution in [2.75, 3.05) is 6.61 Å². The van der Waals surface area contributed by atoms with E-state index in [1.54, 1.807) is 30.3 Å². The van der Waals surface area contributed by atoms with E-state index in [0.29, 0.717) is 18.1 Å². The molecule has 31 heavy (non-hydrogen) atoms. The quantitative estimate of drug-likeness (QED) is 0.357. The molecule has 0 heterocycles. The van der Waals surface area contributed by atoms with E-state index >= 15 is 0 Å². The lowest BCUT2D eigenvalue weighted by molar-refractivity contribution is -0.144. The van der Waals surface area contributed by atoms with Gasteiger partial charge in [-0.25, -0.2) is 9.18 Å². The fourth-order valence-electron chi connectivity index (χ4n) is 2.97. The lowest BCUT2D eigenvalue weighted by Gasteiger charge is -2.14. The molecule has 0 saturated heterocycles. The molecule has 0 spiro atoms. The Morgan fingerprint density at radius 2 is 1.68 bits per heavy atom. The molecule has 0 bridgehead atoms. The summed E-state index contributed by atoms with van der Waals surface area (Å²) in [5.41, 5.74) is 3.64. The first-order chi connectivity index (χ1) is 14.8. The fourth-order valence-corrected chi connectivity index (χ4v) is 3.33. The van der Waals surface area contributed by atoms with Crippen LogP contribution < -0.4 is 9.47 Å². The number of aryl methyl sites for hydroxylation is 1. The molecule has 3 rings (SSSR count). The maximum Gasteiger partial charge on any atom is 0.344 e. The third kappa shape index (κ3) is 6.30. The Morgan fingerprint density at radius 3 is 2.26 bits per heavy atom. The first kappa shape index (κ1) is 22.8. The van der Waals surface area contributed by atoms with Crippen LogP contribution >= 0.6 is 22.6 Å². The Bertz CT molecular complexity index is 1030. The number of carbonyl (C=O) groups is 1. The van der Waals surface area contributed by atoms with Crippen molar-refractivity contribution in [2.45, 2.75) is 20.0 Å². The Balaban J connectivity index is 1.78. The van der Waals surface area contributed by atoms with Crippen LogP contribution in [-0.4, -0.2) is 23.8 Å². The lowest BCUT2D eigenvalue weighted by Crippen LogP contribution is -2.23. The second kappa shape index (κ2) is 10.4. The van der Waals surface area contributed by atoms with Crippen molar-refractivity contribution in [2.24, 2.45) is 0 Å². The molecule has 0 aliphatic rings. The molecular formula is C25H22FIO4. The van der Waals surface area contributed by atoms with E-state index in [9.17, 15) is 9.18 Å². The Morgan fingerprint density at radius 1 is 1.06 bits per heavy atom. The summed E-state index contributed by atoms with van der Waals surface area (Å²) in [7, 11) is 0. The maximum atomic E-state index is 13.4. The standard InChI is InChI=1S/C25H22FIO4/c1-16-15-22(11-12-24(16)31-17(2)25(28)29)30-14-13-23(18-3-7-20(26)8-4-18)19-5-9-21(27)10-6-19/h3-13,15,17H,14H2,1-2H3,(H,28,29)/b23-13-. The van der Waals surface area contributed by atoms with Crippen molar-refractivity contribution in [1.29, 1.82) is 0 Å². The largest absolute Gasteiger partial charge is 0.489 e. The van der Waals surface area contributed by atoms with Gasteiger partial charge in [0.05, 0.1) is 0 Å². The molecule has 1 N–H and O–H groups in total. The van der Waals surface area contributed by atoms with Gasteiger partial charge in [0, 0.05) is 3.57 Å². The van der Waals surface area contributed by atoms with E-state index in [2.05, 4.69) is 22.6 Å². The summed E-state index contributed by atoms with van der Waals surface area (Å²) >= 11 is 2.26. The number of benzene rings is 3. The van der Waals surface area contributed by atoms with Crippen LogP contribution in [0, 0.1) is 16.3 Å². The number of carboxylic acid groups (broad SMARTS) is 1. The average Bonchev–Trinajstić information content (AvgIpc) is 2.74. The van der Waals surface area contributed by atoms with Crippen LogP contribution in [-0.2, 0) is 4.79 Å². The van der Waals surface area contributed by atoms with Crippen LogP contribution in [0.3, 0.4) is 0 Å². The van der Waals surface area contributed by atoms with Gasteiger partial charge in [0.15, 0.2) is 6.10 Å². The highest BCUT2D eigenvalue weighted by Gasteiger charge is 2.14. The molecule has 0 saturated carbocycles. The van der Waals surface area contributed by atoms with E-state index < -0.39 is 12.1 Å². The van der Waals surface area contributed by atoms with E-state index in [1.807, 2.05) is 37.3 Å². The molecule has 3 aromatic rings. The van der Waals surface area contributed by atoms with Crippen LogP contribution in [0.15, 0.2) is 72.8 Å². The van der Waals surface area contributed by atoms with Crippen LogP contribution in [0.5, 0.6) is 11.5 Å². The summed E-state index contributed by atoms with van der Waals surface area (Å²) in [6.07, 6.45) is 1.03. The van der Waals surface area contributed by atoms with Crippen LogP contribution in [0.2, 0.25) is 0 Å². The molecule has 1 atom stereocenters. The normalized spacial score (nSPS) is 12.3. The van der Waals surface area contributed by atoms with Gasteiger partial charge in [-0.1, -0.05) is 24.3 Å². The second-order valence-corrected chi connectivity index (χ2v) is 8.21. The van der Waals surface area contributed by atoms with E-state index in [1.165, 1.54) is 19.1 Å². The minimum atomic E-state index is -1.02. The van der Waals surface area contributed by atoms with Crippen molar-refractivity contribution in [3.05, 3.63) is 98.9 Å². The van der Waals surface area contributed by atoms with Gasteiger partial charge >= 0.3 is 5.97 Å². The van der Waals surface area contributed by atoms with E-state index in [0.717, 1.165) is 25.8 Å². The molecular weight excluding hydrogens is 510 g/mol. The number of ether oxygens (including phenoxy) is 2. The zero-order valence-electron chi connectivity index (χ0n) is 17.1. The zero-order valence-corrected chi connectivity index (χ0v) is 19.3. The minimum absolute atomic E-state index is 0.281. The predicted octanol–water partition coefficient (Wildman–Crippen LogP) is 6.10. The highest BCUT2D eigenvalue weighted by atomic mass is 127. The average molecular weight is 532 g/mol. The second-order valence-electron chi connectivity index (χ2n) is 6.97. The molecule has 6 heteroatoms. The SMILES string of the molecule is Cc1cc(OC/C=C(/c2ccc(F)cc2)c2ccc(I)cc2)ccc1OC(C)C(=O)O. The van der Waals surface area contributed by atoms with Gasteiger partial charge in [-0.2, -0.15) is 0 Å². The molecule has 0 aliphatic carbocycles. The third-order valence-corrected chi connectivity index (χ3v) is 5.36. The van der Waals surface area contributed by atoms with Gasteiger partial charge in [0.25, 0.3) is 0 Å². The van der Waals surface area contributed by atoms with Crippen molar-refractivity contribution in [1.82, 2.24) is 0 Å². The van der Waals surface area contributed by atoms with Gasteiger partial charge in [0.1, 0.15) is 23.9 Å². The van der Waals surface area contributed by atoms with Crippen molar-refractivity contribution in [3.8, 4) is 11.5 Å². The number of aliphatic carboxylic acids is 1. The smallest absolute Gasteiger partial charge is 0.344 e. The van der Waals surface area contributed by atoms with Gasteiger partial charge in [-0.05, 0) is 107 Å². The van der Waals surface area contributed by atoms with Gasteiger partial charge in [-0.15, -0.1) is 0 Å². The fraction of sp³-hybridized carbons (Fsp3) is 0.160. The molecule has 0 aliphatic heterocycles. The summed E-state index contributed by atoms with van der Waals surface area (Å²) < 4.78 is 25.8. The van der Waals surface area contributed by atoms with Crippen LogP contribution in [0.4, 0.5) is 4.39 Å². The van der Waals surface area contributed by atoms with Gasteiger partial charge in [-0.3, -0.25) is 0 Å². The Labute approximate surface area is 194 Å². The van der Waals surface area contributed by atoms with Gasteiger partial charge in [0.2, 0.25) is 0 Å². The Kier molecular flexibility index (Phi) is 7.68. The third-order valence-electron chi connectivity index (χ3n) is 4.65. The first-order valence-electron chi connectivity index (χ1n) is 9.68. The molecule has 0 aromatic heterocycles. The highest BCUT2D eigenvalue weighted by molar-refractivity contribution is 14.1. The molecule has 0 amide bonds. The molecule has 0 radical (unpaired) electrons. The zero-order chi connectivity index (χ0) is 22.4. The molecule has 0 fully saturated rings. The Hall–Kier alpha value is -2.87. The predicted molar refractivity (Wildman–Crippen MR) is 127 cm³/mol. The number of hydrogen-bond acceptors (Lipinski definition) is 3. The van der Waals surface area contributed by atoms with Crippen LogP contribution in [0.25, 0.3) is 5.57 Å². The minimum Gasteiger partial charge on any atom is -0.489 e. The summed E-state index contributed by atoms with van der Waals surface area (Å²) in [6, 6.07) is 19.7. The highest BCUT2D eigenvalue weighted by Crippen LogP contribution is 2.27.